The summed E-state index contributed by atoms with van der Waals surface area (Å²) in [7, 11) is 0. The van der Waals surface area contributed by atoms with E-state index in [2.05, 4.69) is 20.9 Å². The summed E-state index contributed by atoms with van der Waals surface area (Å²) < 4.78 is 0. The number of nitrogens with two attached hydrogens (primary N) is 1. The van der Waals surface area contributed by atoms with Gasteiger partial charge in [0.2, 0.25) is 0 Å². The number of hydrogen-bond acceptors (Lipinski definition) is 5. The first-order chi connectivity index (χ1) is 7.43. The van der Waals surface area contributed by atoms with Crippen molar-refractivity contribution in [2.24, 2.45) is 5.73 Å². The minimum Gasteiger partial charge on any atom is -0.329 e. The van der Waals surface area contributed by atoms with Crippen molar-refractivity contribution in [3.8, 4) is 0 Å². The smallest absolute Gasteiger partial charge is 0.0108 e. The third kappa shape index (κ3) is 6.81. The van der Waals surface area contributed by atoms with Gasteiger partial charge in [-0.05, 0) is 0 Å². The number of rotatable bonds is 2. The van der Waals surface area contributed by atoms with Gasteiger partial charge in [0.05, 0.1) is 0 Å². The zero-order valence-corrected chi connectivity index (χ0v) is 9.60. The average Bonchev–Trinajstić information content (AvgIpc) is 2.34. The van der Waals surface area contributed by atoms with E-state index in [1.807, 2.05) is 0 Å². The molecule has 2 fully saturated rings. The number of hydrogen-bond donors (Lipinski definition) is 4. The van der Waals surface area contributed by atoms with Gasteiger partial charge in [-0.1, -0.05) is 0 Å². The molecule has 0 amide bonds. The third-order valence-electron chi connectivity index (χ3n) is 2.61. The lowest BCUT2D eigenvalue weighted by Gasteiger charge is -2.26. The van der Waals surface area contributed by atoms with Crippen LogP contribution in [0.5, 0.6) is 0 Å². The van der Waals surface area contributed by atoms with Gasteiger partial charge < -0.3 is 21.7 Å². The Morgan fingerprint density at radius 2 is 1.27 bits per heavy atom. The molecule has 0 aromatic heterocycles. The van der Waals surface area contributed by atoms with E-state index >= 15 is 0 Å². The first-order valence-corrected chi connectivity index (χ1v) is 5.98. The van der Waals surface area contributed by atoms with E-state index in [-0.39, 0.29) is 0 Å². The predicted octanol–water partition coefficient (Wildman–Crippen LogP) is -1.97. The molecule has 2 saturated heterocycles. The highest BCUT2D eigenvalue weighted by Gasteiger charge is 2.06. The van der Waals surface area contributed by atoms with Crippen LogP contribution < -0.4 is 21.7 Å². The molecular weight excluding hydrogens is 190 g/mol. The molecule has 0 spiro atoms. The van der Waals surface area contributed by atoms with Crippen LogP contribution in [-0.4, -0.2) is 70.3 Å². The number of piperazine rings is 2. The van der Waals surface area contributed by atoms with Gasteiger partial charge in [0.15, 0.2) is 0 Å². The molecule has 0 aliphatic carbocycles. The second-order valence-electron chi connectivity index (χ2n) is 3.88. The van der Waals surface area contributed by atoms with E-state index < -0.39 is 0 Å². The Morgan fingerprint density at radius 3 is 1.67 bits per heavy atom. The molecule has 2 aliphatic heterocycles. The van der Waals surface area contributed by atoms with E-state index in [0.717, 1.165) is 65.4 Å². The summed E-state index contributed by atoms with van der Waals surface area (Å²) in [5, 5.41) is 9.74. The highest BCUT2D eigenvalue weighted by molar-refractivity contribution is 4.66. The van der Waals surface area contributed by atoms with Crippen LogP contribution in [-0.2, 0) is 0 Å². The molecule has 15 heavy (non-hydrogen) atoms. The largest absolute Gasteiger partial charge is 0.329 e. The van der Waals surface area contributed by atoms with E-state index in [1.54, 1.807) is 0 Å². The quantitative estimate of drug-likeness (QED) is 0.430. The van der Waals surface area contributed by atoms with Gasteiger partial charge in [0, 0.05) is 65.4 Å². The van der Waals surface area contributed by atoms with Gasteiger partial charge in [-0.3, -0.25) is 4.90 Å². The highest BCUT2D eigenvalue weighted by atomic mass is 15.2. The fraction of sp³-hybridized carbons (Fsp3) is 1.00. The van der Waals surface area contributed by atoms with Crippen LogP contribution in [0.2, 0.25) is 0 Å². The minimum atomic E-state index is 0.792. The monoisotopic (exact) mass is 215 g/mol. The van der Waals surface area contributed by atoms with E-state index in [9.17, 15) is 0 Å². The maximum absolute atomic E-state index is 5.40. The van der Waals surface area contributed by atoms with Gasteiger partial charge in [-0.25, -0.2) is 0 Å². The van der Waals surface area contributed by atoms with Crippen molar-refractivity contribution in [3.63, 3.8) is 0 Å². The second-order valence-corrected chi connectivity index (χ2v) is 3.88. The topological polar surface area (TPSA) is 65.3 Å². The van der Waals surface area contributed by atoms with E-state index in [1.165, 1.54) is 0 Å². The Balaban J connectivity index is 0.000000162. The Kier molecular flexibility index (Phi) is 7.77. The predicted molar refractivity (Wildman–Crippen MR) is 64.1 cm³/mol. The molecule has 90 valence electrons. The van der Waals surface area contributed by atoms with Crippen LogP contribution in [0.15, 0.2) is 0 Å². The molecule has 0 saturated carbocycles. The van der Waals surface area contributed by atoms with Crippen LogP contribution in [0.3, 0.4) is 0 Å². The first-order valence-electron chi connectivity index (χ1n) is 5.98. The fourth-order valence-corrected chi connectivity index (χ4v) is 1.72. The zero-order valence-electron chi connectivity index (χ0n) is 9.60. The molecule has 0 atom stereocenters. The number of nitrogens with zero attached hydrogens (tertiary/aromatic N) is 1. The molecule has 5 nitrogen and oxygen atoms in total. The fourth-order valence-electron chi connectivity index (χ4n) is 1.72. The summed E-state index contributed by atoms with van der Waals surface area (Å²) in [6, 6.07) is 0. The maximum Gasteiger partial charge on any atom is 0.0108 e. The Labute approximate surface area is 92.8 Å². The Bertz CT molecular complexity index is 118. The molecule has 2 heterocycles. The highest BCUT2D eigenvalue weighted by Crippen LogP contribution is 1.88. The molecule has 0 bridgehead atoms. The molecule has 0 unspecified atom stereocenters. The van der Waals surface area contributed by atoms with Crippen LogP contribution in [0.25, 0.3) is 0 Å². The van der Waals surface area contributed by atoms with Crippen molar-refractivity contribution in [1.82, 2.24) is 20.9 Å². The lowest BCUT2D eigenvalue weighted by Crippen LogP contribution is -2.45. The van der Waals surface area contributed by atoms with Crippen molar-refractivity contribution < 1.29 is 0 Å². The molecular formula is C10H25N5. The lowest BCUT2D eigenvalue weighted by atomic mass is 10.3. The Hall–Kier alpha value is -0.200. The summed E-state index contributed by atoms with van der Waals surface area (Å²) in [4.78, 5) is 2.39. The molecule has 0 aromatic carbocycles. The van der Waals surface area contributed by atoms with Gasteiger partial charge in [-0.15, -0.1) is 0 Å². The molecule has 5 heteroatoms. The third-order valence-corrected chi connectivity index (χ3v) is 2.61. The summed E-state index contributed by atoms with van der Waals surface area (Å²) in [6.45, 7) is 11.0. The van der Waals surface area contributed by atoms with Gasteiger partial charge in [-0.2, -0.15) is 0 Å². The molecule has 2 aliphatic rings. The second kappa shape index (κ2) is 9.06. The summed E-state index contributed by atoms with van der Waals surface area (Å²) in [5.74, 6) is 0. The SMILES string of the molecule is C1CNCCN1.NCCN1CCNCC1. The average molecular weight is 215 g/mol. The van der Waals surface area contributed by atoms with Crippen LogP contribution in [0, 0.1) is 0 Å². The molecule has 2 rings (SSSR count). The summed E-state index contributed by atoms with van der Waals surface area (Å²) in [5.41, 5.74) is 5.40. The number of nitrogens with one attached hydrogen (secondary N) is 3. The minimum absolute atomic E-state index is 0.792. The van der Waals surface area contributed by atoms with Crippen molar-refractivity contribution >= 4 is 0 Å². The van der Waals surface area contributed by atoms with Crippen LogP contribution >= 0.6 is 0 Å². The van der Waals surface area contributed by atoms with Crippen molar-refractivity contribution in [3.05, 3.63) is 0 Å². The van der Waals surface area contributed by atoms with Crippen molar-refractivity contribution in [2.75, 3.05) is 65.4 Å². The van der Waals surface area contributed by atoms with Crippen molar-refractivity contribution in [2.45, 2.75) is 0 Å². The van der Waals surface area contributed by atoms with E-state index in [4.69, 9.17) is 5.73 Å². The molecule has 5 N–H and O–H groups in total. The summed E-state index contributed by atoms with van der Waals surface area (Å²) >= 11 is 0. The molecule has 0 radical (unpaired) electrons. The van der Waals surface area contributed by atoms with Crippen LogP contribution in [0.4, 0.5) is 0 Å². The standard InChI is InChI=1S/C6H15N3.C4H10N2/c7-1-4-9-5-2-8-3-6-9;1-2-6-4-3-5-1/h8H,1-7H2;5-6H,1-4H2. The first kappa shape index (κ1) is 12.9. The Morgan fingerprint density at radius 1 is 0.800 bits per heavy atom. The molecule has 0 aromatic rings. The lowest BCUT2D eigenvalue weighted by molar-refractivity contribution is 0.247. The zero-order chi connectivity index (χ0) is 10.8. The van der Waals surface area contributed by atoms with Crippen molar-refractivity contribution in [1.29, 1.82) is 0 Å². The maximum atomic E-state index is 5.40. The van der Waals surface area contributed by atoms with Crippen LogP contribution in [0.1, 0.15) is 0 Å². The normalized spacial score (nSPS) is 23.0. The van der Waals surface area contributed by atoms with E-state index in [0.29, 0.717) is 0 Å². The van der Waals surface area contributed by atoms with Gasteiger partial charge in [0.25, 0.3) is 0 Å². The summed E-state index contributed by atoms with van der Waals surface area (Å²) in [6.07, 6.45) is 0. The van der Waals surface area contributed by atoms with Gasteiger partial charge >= 0.3 is 0 Å². The van der Waals surface area contributed by atoms with Gasteiger partial charge in [0.1, 0.15) is 0 Å².